The minimum absolute atomic E-state index is 0.243. The summed E-state index contributed by atoms with van der Waals surface area (Å²) in [5.41, 5.74) is 0. The fourth-order valence-corrected chi connectivity index (χ4v) is 1.95. The lowest BCUT2D eigenvalue weighted by Gasteiger charge is -2.25. The molecule has 0 amide bonds. The van der Waals surface area contributed by atoms with E-state index in [0.717, 1.165) is 6.54 Å². The number of hydrogen-bond acceptors (Lipinski definition) is 3. The summed E-state index contributed by atoms with van der Waals surface area (Å²) in [4.78, 5) is 14.8. The SMILES string of the molecule is CN(CCC(=O)O)CC1CCCN1C. The summed E-state index contributed by atoms with van der Waals surface area (Å²) < 4.78 is 0. The summed E-state index contributed by atoms with van der Waals surface area (Å²) in [5, 5.41) is 8.54. The Morgan fingerprint density at radius 3 is 2.86 bits per heavy atom. The molecule has 1 saturated heterocycles. The molecular formula is C10H20N2O2. The third-order valence-corrected chi connectivity index (χ3v) is 2.90. The van der Waals surface area contributed by atoms with Gasteiger partial charge in [-0.15, -0.1) is 0 Å². The van der Waals surface area contributed by atoms with Gasteiger partial charge in [0.1, 0.15) is 0 Å². The van der Waals surface area contributed by atoms with Gasteiger partial charge < -0.3 is 14.9 Å². The molecular weight excluding hydrogens is 180 g/mol. The van der Waals surface area contributed by atoms with Gasteiger partial charge in [0, 0.05) is 19.1 Å². The third kappa shape index (κ3) is 3.64. The maximum absolute atomic E-state index is 10.4. The predicted octanol–water partition coefficient (Wildman–Crippen LogP) is 0.487. The van der Waals surface area contributed by atoms with Gasteiger partial charge in [-0.1, -0.05) is 0 Å². The average Bonchev–Trinajstić information content (AvgIpc) is 2.49. The van der Waals surface area contributed by atoms with E-state index in [1.807, 2.05) is 7.05 Å². The van der Waals surface area contributed by atoms with Gasteiger partial charge >= 0.3 is 5.97 Å². The van der Waals surface area contributed by atoms with E-state index in [1.54, 1.807) is 0 Å². The molecule has 1 rings (SSSR count). The van der Waals surface area contributed by atoms with Crippen LogP contribution in [-0.4, -0.2) is 60.6 Å². The van der Waals surface area contributed by atoms with Crippen LogP contribution >= 0.6 is 0 Å². The van der Waals surface area contributed by atoms with Crippen LogP contribution in [0, 0.1) is 0 Å². The molecule has 0 aliphatic carbocycles. The van der Waals surface area contributed by atoms with Gasteiger partial charge in [-0.05, 0) is 33.5 Å². The quantitative estimate of drug-likeness (QED) is 0.701. The van der Waals surface area contributed by atoms with E-state index in [1.165, 1.54) is 19.4 Å². The fraction of sp³-hybridized carbons (Fsp3) is 0.900. The number of aliphatic carboxylic acids is 1. The van der Waals surface area contributed by atoms with E-state index in [9.17, 15) is 4.79 Å². The van der Waals surface area contributed by atoms with Crippen molar-refractivity contribution in [3.63, 3.8) is 0 Å². The lowest BCUT2D eigenvalue weighted by Crippen LogP contribution is -2.37. The van der Waals surface area contributed by atoms with Crippen molar-refractivity contribution in [2.45, 2.75) is 25.3 Å². The van der Waals surface area contributed by atoms with E-state index >= 15 is 0 Å². The van der Waals surface area contributed by atoms with Crippen molar-refractivity contribution >= 4 is 5.97 Å². The Kier molecular flexibility index (Phi) is 4.35. The fourth-order valence-electron chi connectivity index (χ4n) is 1.95. The molecule has 0 aromatic carbocycles. The average molecular weight is 200 g/mol. The van der Waals surface area contributed by atoms with E-state index in [-0.39, 0.29) is 6.42 Å². The number of carbonyl (C=O) groups is 1. The van der Waals surface area contributed by atoms with Crippen molar-refractivity contribution < 1.29 is 9.90 Å². The molecule has 82 valence electrons. The highest BCUT2D eigenvalue weighted by atomic mass is 16.4. The second kappa shape index (κ2) is 5.32. The lowest BCUT2D eigenvalue weighted by molar-refractivity contribution is -0.137. The minimum atomic E-state index is -0.711. The van der Waals surface area contributed by atoms with Crippen LogP contribution in [-0.2, 0) is 4.79 Å². The second-order valence-electron chi connectivity index (χ2n) is 4.18. The Morgan fingerprint density at radius 1 is 1.64 bits per heavy atom. The standard InChI is InChI=1S/C10H20N2O2/c1-11(7-5-10(13)14)8-9-4-3-6-12(9)2/h9H,3-8H2,1-2H3,(H,13,14). The summed E-state index contributed by atoms with van der Waals surface area (Å²) in [7, 11) is 4.14. The number of likely N-dealkylation sites (tertiary alicyclic amines) is 1. The third-order valence-electron chi connectivity index (χ3n) is 2.90. The molecule has 0 radical (unpaired) electrons. The molecule has 1 aliphatic rings. The molecule has 4 heteroatoms. The molecule has 0 bridgehead atoms. The van der Waals surface area contributed by atoms with Crippen molar-refractivity contribution in [1.29, 1.82) is 0 Å². The molecule has 1 N–H and O–H groups in total. The molecule has 0 saturated carbocycles. The highest BCUT2D eigenvalue weighted by Gasteiger charge is 2.21. The van der Waals surface area contributed by atoms with Gasteiger partial charge in [-0.3, -0.25) is 4.79 Å². The number of hydrogen-bond donors (Lipinski definition) is 1. The Balaban J connectivity index is 2.19. The first-order valence-corrected chi connectivity index (χ1v) is 5.20. The van der Waals surface area contributed by atoms with Crippen molar-refractivity contribution in [3.8, 4) is 0 Å². The van der Waals surface area contributed by atoms with Crippen molar-refractivity contribution in [2.75, 3.05) is 33.7 Å². The molecule has 1 unspecified atom stereocenters. The summed E-state index contributed by atoms with van der Waals surface area (Å²) >= 11 is 0. The van der Waals surface area contributed by atoms with Crippen molar-refractivity contribution in [1.82, 2.24) is 9.80 Å². The molecule has 0 aromatic rings. The normalized spacial score (nSPS) is 23.2. The Bertz CT molecular complexity index is 197. The molecule has 1 heterocycles. The van der Waals surface area contributed by atoms with E-state index in [0.29, 0.717) is 12.6 Å². The van der Waals surface area contributed by atoms with E-state index < -0.39 is 5.97 Å². The maximum Gasteiger partial charge on any atom is 0.304 e. The lowest BCUT2D eigenvalue weighted by atomic mass is 10.2. The van der Waals surface area contributed by atoms with Crippen LogP contribution in [0.3, 0.4) is 0 Å². The van der Waals surface area contributed by atoms with E-state index in [4.69, 9.17) is 5.11 Å². The zero-order valence-corrected chi connectivity index (χ0v) is 9.07. The summed E-state index contributed by atoms with van der Waals surface area (Å²) in [6, 6.07) is 0.619. The molecule has 0 spiro atoms. The van der Waals surface area contributed by atoms with Crippen LogP contribution in [0.25, 0.3) is 0 Å². The molecule has 1 fully saturated rings. The molecule has 1 atom stereocenters. The molecule has 1 aliphatic heterocycles. The van der Waals surface area contributed by atoms with Crippen LogP contribution < -0.4 is 0 Å². The maximum atomic E-state index is 10.4. The first-order chi connectivity index (χ1) is 6.59. The van der Waals surface area contributed by atoms with Crippen LogP contribution in [0.5, 0.6) is 0 Å². The van der Waals surface area contributed by atoms with Gasteiger partial charge in [-0.25, -0.2) is 0 Å². The zero-order chi connectivity index (χ0) is 10.6. The van der Waals surface area contributed by atoms with Crippen LogP contribution in [0.1, 0.15) is 19.3 Å². The first-order valence-electron chi connectivity index (χ1n) is 5.20. The number of rotatable bonds is 5. The van der Waals surface area contributed by atoms with Gasteiger partial charge in [0.2, 0.25) is 0 Å². The van der Waals surface area contributed by atoms with Gasteiger partial charge in [0.05, 0.1) is 6.42 Å². The number of nitrogens with zero attached hydrogens (tertiary/aromatic N) is 2. The number of carboxylic acid groups (broad SMARTS) is 1. The molecule has 14 heavy (non-hydrogen) atoms. The predicted molar refractivity (Wildman–Crippen MR) is 55.4 cm³/mol. The molecule has 0 aromatic heterocycles. The summed E-state index contributed by atoms with van der Waals surface area (Å²) in [6.07, 6.45) is 2.76. The number of likely N-dealkylation sites (N-methyl/N-ethyl adjacent to an activating group) is 2. The highest BCUT2D eigenvalue weighted by Crippen LogP contribution is 2.15. The van der Waals surface area contributed by atoms with E-state index in [2.05, 4.69) is 16.8 Å². The zero-order valence-electron chi connectivity index (χ0n) is 9.07. The Morgan fingerprint density at radius 2 is 2.36 bits per heavy atom. The first kappa shape index (κ1) is 11.5. The number of carboxylic acids is 1. The Hall–Kier alpha value is -0.610. The molecule has 4 nitrogen and oxygen atoms in total. The van der Waals surface area contributed by atoms with Gasteiger partial charge in [0.15, 0.2) is 0 Å². The topological polar surface area (TPSA) is 43.8 Å². The van der Waals surface area contributed by atoms with Crippen molar-refractivity contribution in [2.24, 2.45) is 0 Å². The Labute approximate surface area is 85.5 Å². The van der Waals surface area contributed by atoms with Gasteiger partial charge in [-0.2, -0.15) is 0 Å². The minimum Gasteiger partial charge on any atom is -0.481 e. The largest absolute Gasteiger partial charge is 0.481 e. The van der Waals surface area contributed by atoms with Crippen LogP contribution in [0.2, 0.25) is 0 Å². The monoisotopic (exact) mass is 200 g/mol. The van der Waals surface area contributed by atoms with Gasteiger partial charge in [0.25, 0.3) is 0 Å². The summed E-state index contributed by atoms with van der Waals surface area (Å²) in [5.74, 6) is -0.711. The second-order valence-corrected chi connectivity index (χ2v) is 4.18. The smallest absolute Gasteiger partial charge is 0.304 e. The highest BCUT2D eigenvalue weighted by molar-refractivity contribution is 5.66. The van der Waals surface area contributed by atoms with Crippen LogP contribution in [0.4, 0.5) is 0 Å². The summed E-state index contributed by atoms with van der Waals surface area (Å²) in [6.45, 7) is 2.82. The van der Waals surface area contributed by atoms with Crippen LogP contribution in [0.15, 0.2) is 0 Å². The van der Waals surface area contributed by atoms with Crippen molar-refractivity contribution in [3.05, 3.63) is 0 Å².